The van der Waals surface area contributed by atoms with Gasteiger partial charge in [-0.25, -0.2) is 4.98 Å². The fourth-order valence-electron chi connectivity index (χ4n) is 1.38. The molecule has 2 rings (SSSR count). The molecule has 0 unspecified atom stereocenters. The summed E-state index contributed by atoms with van der Waals surface area (Å²) in [6, 6.07) is 8.23. The summed E-state index contributed by atoms with van der Waals surface area (Å²) in [6.07, 6.45) is 3.77. The molecular weight excluding hydrogens is 301 g/mol. The van der Waals surface area contributed by atoms with Crippen LogP contribution in [0.2, 0.25) is 0 Å². The fraction of sp³-hybridized carbons (Fsp3) is 0.182. The maximum absolute atomic E-state index is 4.26. The Morgan fingerprint density at radius 2 is 2.33 bits per heavy atom. The Morgan fingerprint density at radius 3 is 3.07 bits per heavy atom. The lowest BCUT2D eigenvalue weighted by molar-refractivity contribution is 0.772. The molecule has 1 aromatic carbocycles. The van der Waals surface area contributed by atoms with Crippen LogP contribution in [0.5, 0.6) is 0 Å². The third-order valence-electron chi connectivity index (χ3n) is 2.14. The highest BCUT2D eigenvalue weighted by atomic mass is 127. The van der Waals surface area contributed by atoms with Crippen molar-refractivity contribution in [2.75, 3.05) is 5.32 Å². The highest BCUT2D eigenvalue weighted by Gasteiger charge is 2.00. The Bertz CT molecular complexity index is 451. The second-order valence-corrected chi connectivity index (χ2v) is 4.42. The molecule has 0 aliphatic heterocycles. The first-order chi connectivity index (χ1) is 7.29. The molecular formula is C11H12IN3. The Labute approximate surface area is 103 Å². The van der Waals surface area contributed by atoms with E-state index in [1.807, 2.05) is 18.3 Å². The summed E-state index contributed by atoms with van der Waals surface area (Å²) in [5, 5.41) is 3.29. The van der Waals surface area contributed by atoms with Gasteiger partial charge in [0.05, 0.1) is 0 Å². The number of aromatic nitrogens is 2. The van der Waals surface area contributed by atoms with E-state index in [0.29, 0.717) is 0 Å². The van der Waals surface area contributed by atoms with Crippen LogP contribution in [0.1, 0.15) is 6.92 Å². The first-order valence-electron chi connectivity index (χ1n) is 4.83. The van der Waals surface area contributed by atoms with Crippen LogP contribution in [0.15, 0.2) is 36.7 Å². The Hall–Kier alpha value is -1.04. The van der Waals surface area contributed by atoms with Gasteiger partial charge in [-0.05, 0) is 47.7 Å². The van der Waals surface area contributed by atoms with Crippen LogP contribution in [-0.4, -0.2) is 9.55 Å². The maximum Gasteiger partial charge on any atom is 0.207 e. The van der Waals surface area contributed by atoms with E-state index in [-0.39, 0.29) is 0 Å². The van der Waals surface area contributed by atoms with Crippen molar-refractivity contribution in [3.63, 3.8) is 0 Å². The van der Waals surface area contributed by atoms with Gasteiger partial charge in [-0.2, -0.15) is 0 Å². The average Bonchev–Trinajstić information content (AvgIpc) is 2.65. The molecule has 0 bridgehead atoms. The van der Waals surface area contributed by atoms with Crippen LogP contribution in [0.25, 0.3) is 0 Å². The lowest BCUT2D eigenvalue weighted by Gasteiger charge is -2.07. The number of aryl methyl sites for hydroxylation is 1. The van der Waals surface area contributed by atoms with E-state index in [1.54, 1.807) is 6.20 Å². The highest BCUT2D eigenvalue weighted by molar-refractivity contribution is 14.1. The molecule has 2 aromatic rings. The van der Waals surface area contributed by atoms with Crippen LogP contribution in [-0.2, 0) is 6.54 Å². The second kappa shape index (κ2) is 4.65. The van der Waals surface area contributed by atoms with E-state index < -0.39 is 0 Å². The van der Waals surface area contributed by atoms with E-state index in [0.717, 1.165) is 18.2 Å². The summed E-state index contributed by atoms with van der Waals surface area (Å²) in [5.74, 6) is 0.888. The molecule has 15 heavy (non-hydrogen) atoms. The van der Waals surface area contributed by atoms with Gasteiger partial charge in [0.2, 0.25) is 5.95 Å². The second-order valence-electron chi connectivity index (χ2n) is 3.17. The SMILES string of the molecule is CCn1ccnc1Nc1cccc(I)c1. The van der Waals surface area contributed by atoms with E-state index in [2.05, 4.69) is 56.5 Å². The van der Waals surface area contributed by atoms with Crippen LogP contribution >= 0.6 is 22.6 Å². The van der Waals surface area contributed by atoms with Crippen molar-refractivity contribution in [1.82, 2.24) is 9.55 Å². The van der Waals surface area contributed by atoms with Gasteiger partial charge in [-0.1, -0.05) is 6.07 Å². The summed E-state index contributed by atoms with van der Waals surface area (Å²) in [6.45, 7) is 3.02. The number of benzene rings is 1. The molecule has 1 N–H and O–H groups in total. The van der Waals surface area contributed by atoms with Crippen LogP contribution in [0.3, 0.4) is 0 Å². The summed E-state index contributed by atoms with van der Waals surface area (Å²) in [7, 11) is 0. The van der Waals surface area contributed by atoms with Crippen molar-refractivity contribution in [3.8, 4) is 0 Å². The smallest absolute Gasteiger partial charge is 0.207 e. The van der Waals surface area contributed by atoms with E-state index in [9.17, 15) is 0 Å². The van der Waals surface area contributed by atoms with Gasteiger partial charge in [-0.15, -0.1) is 0 Å². The van der Waals surface area contributed by atoms with Crippen molar-refractivity contribution in [2.24, 2.45) is 0 Å². The summed E-state index contributed by atoms with van der Waals surface area (Å²) in [5.41, 5.74) is 1.07. The van der Waals surface area contributed by atoms with Crippen molar-refractivity contribution in [2.45, 2.75) is 13.5 Å². The topological polar surface area (TPSA) is 29.9 Å². The van der Waals surface area contributed by atoms with E-state index in [4.69, 9.17) is 0 Å². The molecule has 0 amide bonds. The third-order valence-corrected chi connectivity index (χ3v) is 2.81. The maximum atomic E-state index is 4.26. The largest absolute Gasteiger partial charge is 0.326 e. The summed E-state index contributed by atoms with van der Waals surface area (Å²) < 4.78 is 3.28. The minimum atomic E-state index is 0.888. The number of halogens is 1. The lowest BCUT2D eigenvalue weighted by Crippen LogP contribution is -2.01. The van der Waals surface area contributed by atoms with Crippen molar-refractivity contribution in [1.29, 1.82) is 0 Å². The predicted octanol–water partition coefficient (Wildman–Crippen LogP) is 3.25. The molecule has 0 saturated heterocycles. The number of rotatable bonds is 3. The first kappa shape index (κ1) is 10.5. The zero-order valence-electron chi connectivity index (χ0n) is 8.44. The fourth-order valence-corrected chi connectivity index (χ4v) is 1.93. The molecule has 1 aromatic heterocycles. The Morgan fingerprint density at radius 1 is 1.47 bits per heavy atom. The normalized spacial score (nSPS) is 10.3. The van der Waals surface area contributed by atoms with Crippen LogP contribution in [0.4, 0.5) is 11.6 Å². The first-order valence-corrected chi connectivity index (χ1v) is 5.91. The predicted molar refractivity (Wildman–Crippen MR) is 70.3 cm³/mol. The molecule has 0 radical (unpaired) electrons. The highest BCUT2D eigenvalue weighted by Crippen LogP contribution is 2.17. The molecule has 0 aliphatic carbocycles. The van der Waals surface area contributed by atoms with Gasteiger partial charge in [0, 0.05) is 28.2 Å². The zero-order valence-corrected chi connectivity index (χ0v) is 10.6. The van der Waals surface area contributed by atoms with E-state index >= 15 is 0 Å². The Balaban J connectivity index is 2.22. The molecule has 3 nitrogen and oxygen atoms in total. The van der Waals surface area contributed by atoms with Gasteiger partial charge in [0.15, 0.2) is 0 Å². The van der Waals surface area contributed by atoms with Crippen molar-refractivity contribution < 1.29 is 0 Å². The summed E-state index contributed by atoms with van der Waals surface area (Å²) in [4.78, 5) is 4.26. The minimum absolute atomic E-state index is 0.888. The third kappa shape index (κ3) is 2.50. The van der Waals surface area contributed by atoms with Crippen LogP contribution < -0.4 is 5.32 Å². The van der Waals surface area contributed by atoms with Crippen molar-refractivity contribution in [3.05, 3.63) is 40.2 Å². The lowest BCUT2D eigenvalue weighted by atomic mass is 10.3. The van der Waals surface area contributed by atoms with Crippen LogP contribution in [0, 0.1) is 3.57 Å². The number of anilines is 2. The number of nitrogens with zero attached hydrogens (tertiary/aromatic N) is 2. The molecule has 78 valence electrons. The molecule has 4 heteroatoms. The molecule has 0 aliphatic rings. The molecule has 0 spiro atoms. The molecule has 1 heterocycles. The zero-order chi connectivity index (χ0) is 10.7. The number of nitrogens with one attached hydrogen (secondary N) is 1. The number of hydrogen-bond donors (Lipinski definition) is 1. The van der Waals surface area contributed by atoms with Gasteiger partial charge in [0.25, 0.3) is 0 Å². The standard InChI is InChI=1S/C11H12IN3/c1-2-15-7-6-13-11(15)14-10-5-3-4-9(12)8-10/h3-8H,2H2,1H3,(H,13,14). The van der Waals surface area contributed by atoms with Crippen molar-refractivity contribution >= 4 is 34.2 Å². The van der Waals surface area contributed by atoms with Gasteiger partial charge < -0.3 is 9.88 Å². The minimum Gasteiger partial charge on any atom is -0.326 e. The van der Waals surface area contributed by atoms with Gasteiger partial charge >= 0.3 is 0 Å². The average molecular weight is 313 g/mol. The number of imidazole rings is 1. The summed E-state index contributed by atoms with van der Waals surface area (Å²) >= 11 is 2.30. The quantitative estimate of drug-likeness (QED) is 0.882. The molecule has 0 fully saturated rings. The molecule has 0 saturated carbocycles. The van der Waals surface area contributed by atoms with Gasteiger partial charge in [-0.3, -0.25) is 0 Å². The Kier molecular flexibility index (Phi) is 3.25. The van der Waals surface area contributed by atoms with E-state index in [1.165, 1.54) is 3.57 Å². The molecule has 0 atom stereocenters. The monoisotopic (exact) mass is 313 g/mol. The van der Waals surface area contributed by atoms with Gasteiger partial charge in [0.1, 0.15) is 0 Å². The number of hydrogen-bond acceptors (Lipinski definition) is 2.